The highest BCUT2D eigenvalue weighted by Gasteiger charge is 2.48. The molecular formula is C12H20N2O3S. The molecule has 0 spiro atoms. The van der Waals surface area contributed by atoms with Crippen LogP contribution in [0, 0.1) is 5.92 Å². The molecule has 5 nitrogen and oxygen atoms in total. The summed E-state index contributed by atoms with van der Waals surface area (Å²) < 4.78 is 0. The van der Waals surface area contributed by atoms with Gasteiger partial charge in [-0.1, -0.05) is 0 Å². The van der Waals surface area contributed by atoms with Crippen molar-refractivity contribution < 1.29 is 14.7 Å². The average molecular weight is 272 g/mol. The van der Waals surface area contributed by atoms with Gasteiger partial charge < -0.3 is 15.7 Å². The number of amides is 1. The van der Waals surface area contributed by atoms with Gasteiger partial charge in [-0.2, -0.15) is 0 Å². The van der Waals surface area contributed by atoms with E-state index in [0.717, 1.165) is 12.8 Å². The number of aliphatic carboxylic acids is 1. The summed E-state index contributed by atoms with van der Waals surface area (Å²) in [4.78, 5) is 25.1. The Morgan fingerprint density at radius 1 is 1.44 bits per heavy atom. The highest BCUT2D eigenvalue weighted by molar-refractivity contribution is 8.00. The van der Waals surface area contributed by atoms with Crippen molar-refractivity contribution in [2.45, 2.75) is 50.1 Å². The zero-order valence-electron chi connectivity index (χ0n) is 10.8. The number of carbonyl (C=O) groups is 2. The number of thioether (sulfide) groups is 1. The van der Waals surface area contributed by atoms with Crippen LogP contribution in [0.15, 0.2) is 0 Å². The molecule has 1 amide bonds. The topological polar surface area (TPSA) is 83.6 Å². The van der Waals surface area contributed by atoms with Crippen molar-refractivity contribution in [3.8, 4) is 0 Å². The van der Waals surface area contributed by atoms with Gasteiger partial charge in [0.2, 0.25) is 5.91 Å². The molecule has 1 heterocycles. The molecule has 2 unspecified atom stereocenters. The van der Waals surface area contributed by atoms with Crippen LogP contribution in [-0.4, -0.2) is 44.6 Å². The minimum atomic E-state index is -0.908. The van der Waals surface area contributed by atoms with Crippen LogP contribution in [0.3, 0.4) is 0 Å². The van der Waals surface area contributed by atoms with E-state index < -0.39 is 17.6 Å². The number of carboxylic acid groups (broad SMARTS) is 1. The normalized spacial score (nSPS) is 28.5. The lowest BCUT2D eigenvalue weighted by Gasteiger charge is -2.30. The number of rotatable bonds is 4. The molecule has 102 valence electrons. The van der Waals surface area contributed by atoms with Crippen molar-refractivity contribution in [2.24, 2.45) is 11.7 Å². The van der Waals surface area contributed by atoms with Crippen LogP contribution in [0.5, 0.6) is 0 Å². The van der Waals surface area contributed by atoms with Crippen molar-refractivity contribution in [1.29, 1.82) is 0 Å². The molecular weight excluding hydrogens is 252 g/mol. The van der Waals surface area contributed by atoms with Gasteiger partial charge in [-0.3, -0.25) is 4.79 Å². The van der Waals surface area contributed by atoms with Crippen LogP contribution < -0.4 is 5.73 Å². The molecule has 2 rings (SSSR count). The molecule has 0 radical (unpaired) electrons. The Hall–Kier alpha value is -0.750. The standard InChI is InChI=1S/C12H20N2O3S/c1-12(2,13)5-9(15)14-8(11(16)17)6-18-10(14)7-3-4-7/h7-8,10H,3-6,13H2,1-2H3,(H,16,17). The van der Waals surface area contributed by atoms with Gasteiger partial charge in [0.1, 0.15) is 6.04 Å². The third-order valence-electron chi connectivity index (χ3n) is 3.24. The van der Waals surface area contributed by atoms with E-state index in [2.05, 4.69) is 0 Å². The van der Waals surface area contributed by atoms with Crippen molar-refractivity contribution >= 4 is 23.6 Å². The van der Waals surface area contributed by atoms with Crippen LogP contribution in [0.25, 0.3) is 0 Å². The summed E-state index contributed by atoms with van der Waals surface area (Å²) in [5.41, 5.74) is 5.27. The molecule has 18 heavy (non-hydrogen) atoms. The molecule has 1 aliphatic carbocycles. The molecule has 1 saturated carbocycles. The van der Waals surface area contributed by atoms with Gasteiger partial charge in [0.05, 0.1) is 5.37 Å². The van der Waals surface area contributed by atoms with Gasteiger partial charge in [0, 0.05) is 17.7 Å². The van der Waals surface area contributed by atoms with E-state index in [1.807, 2.05) is 0 Å². The zero-order chi connectivity index (χ0) is 13.5. The van der Waals surface area contributed by atoms with Crippen LogP contribution >= 0.6 is 11.8 Å². The highest BCUT2D eigenvalue weighted by atomic mass is 32.2. The van der Waals surface area contributed by atoms with Crippen LogP contribution in [-0.2, 0) is 9.59 Å². The van der Waals surface area contributed by atoms with Crippen LogP contribution in [0.4, 0.5) is 0 Å². The van der Waals surface area contributed by atoms with E-state index in [0.29, 0.717) is 11.7 Å². The molecule has 1 aliphatic heterocycles. The Morgan fingerprint density at radius 2 is 2.06 bits per heavy atom. The summed E-state index contributed by atoms with van der Waals surface area (Å²) in [6.45, 7) is 3.58. The lowest BCUT2D eigenvalue weighted by atomic mass is 10.0. The fourth-order valence-corrected chi connectivity index (χ4v) is 3.91. The Bertz CT molecular complexity index is 363. The molecule has 3 N–H and O–H groups in total. The van der Waals surface area contributed by atoms with Gasteiger partial charge in [0.15, 0.2) is 0 Å². The number of carboxylic acids is 1. The van der Waals surface area contributed by atoms with Crippen molar-refractivity contribution in [3.05, 3.63) is 0 Å². The SMILES string of the molecule is CC(C)(N)CC(=O)N1C(C(=O)O)CSC1C1CC1. The van der Waals surface area contributed by atoms with Crippen molar-refractivity contribution in [3.63, 3.8) is 0 Å². The molecule has 2 atom stereocenters. The summed E-state index contributed by atoms with van der Waals surface area (Å²) >= 11 is 1.60. The first-order valence-electron chi connectivity index (χ1n) is 6.24. The molecule has 1 saturated heterocycles. The summed E-state index contributed by atoms with van der Waals surface area (Å²) in [6.07, 6.45) is 2.39. The van der Waals surface area contributed by atoms with Crippen molar-refractivity contribution in [1.82, 2.24) is 4.90 Å². The van der Waals surface area contributed by atoms with E-state index in [1.165, 1.54) is 0 Å². The second-order valence-electron chi connectivity index (χ2n) is 5.88. The third kappa shape index (κ3) is 2.98. The predicted molar refractivity (Wildman–Crippen MR) is 70.1 cm³/mol. The fourth-order valence-electron chi connectivity index (χ4n) is 2.26. The number of carbonyl (C=O) groups excluding carboxylic acids is 1. The smallest absolute Gasteiger partial charge is 0.327 e. The molecule has 6 heteroatoms. The Labute approximate surface area is 111 Å². The van der Waals surface area contributed by atoms with E-state index in [1.54, 1.807) is 30.5 Å². The maximum Gasteiger partial charge on any atom is 0.327 e. The lowest BCUT2D eigenvalue weighted by molar-refractivity contribution is -0.149. The third-order valence-corrected chi connectivity index (χ3v) is 4.70. The maximum absolute atomic E-state index is 12.3. The predicted octanol–water partition coefficient (Wildman–Crippen LogP) is 0.879. The summed E-state index contributed by atoms with van der Waals surface area (Å²) in [6, 6.07) is -0.685. The molecule has 2 aliphatic rings. The molecule has 0 aromatic carbocycles. The number of nitrogens with two attached hydrogens (primary N) is 1. The Kier molecular flexibility index (Phi) is 3.60. The summed E-state index contributed by atoms with van der Waals surface area (Å²) in [5, 5.41) is 9.25. The second kappa shape index (κ2) is 4.74. The molecule has 0 aromatic heterocycles. The fraction of sp³-hybridized carbons (Fsp3) is 0.833. The second-order valence-corrected chi connectivity index (χ2v) is 7.03. The Morgan fingerprint density at radius 3 is 2.50 bits per heavy atom. The quantitative estimate of drug-likeness (QED) is 0.793. The minimum absolute atomic E-state index is 0.0425. The lowest BCUT2D eigenvalue weighted by Crippen LogP contribution is -2.49. The molecule has 0 aromatic rings. The highest BCUT2D eigenvalue weighted by Crippen LogP contribution is 2.45. The van der Waals surface area contributed by atoms with Crippen molar-refractivity contribution in [2.75, 3.05) is 5.75 Å². The van der Waals surface area contributed by atoms with Gasteiger partial charge in [-0.05, 0) is 32.6 Å². The van der Waals surface area contributed by atoms with Gasteiger partial charge in [0.25, 0.3) is 0 Å². The van der Waals surface area contributed by atoms with E-state index in [9.17, 15) is 14.7 Å². The van der Waals surface area contributed by atoms with Crippen LogP contribution in [0.2, 0.25) is 0 Å². The minimum Gasteiger partial charge on any atom is -0.480 e. The first-order chi connectivity index (χ1) is 8.29. The Balaban J connectivity index is 2.12. The monoisotopic (exact) mass is 272 g/mol. The van der Waals surface area contributed by atoms with E-state index in [4.69, 9.17) is 5.73 Å². The summed E-state index contributed by atoms with van der Waals surface area (Å²) in [7, 11) is 0. The van der Waals surface area contributed by atoms with Gasteiger partial charge in [-0.15, -0.1) is 11.8 Å². The molecule has 2 fully saturated rings. The largest absolute Gasteiger partial charge is 0.480 e. The number of nitrogens with zero attached hydrogens (tertiary/aromatic N) is 1. The molecule has 0 bridgehead atoms. The van der Waals surface area contributed by atoms with E-state index in [-0.39, 0.29) is 17.7 Å². The maximum atomic E-state index is 12.3. The first kappa shape index (κ1) is 13.7. The van der Waals surface area contributed by atoms with E-state index >= 15 is 0 Å². The first-order valence-corrected chi connectivity index (χ1v) is 7.29. The van der Waals surface area contributed by atoms with Gasteiger partial charge >= 0.3 is 5.97 Å². The number of hydrogen-bond donors (Lipinski definition) is 2. The zero-order valence-corrected chi connectivity index (χ0v) is 11.6. The average Bonchev–Trinajstić information content (AvgIpc) is 2.93. The number of hydrogen-bond acceptors (Lipinski definition) is 4. The van der Waals surface area contributed by atoms with Crippen LogP contribution in [0.1, 0.15) is 33.1 Å². The van der Waals surface area contributed by atoms with Gasteiger partial charge in [-0.25, -0.2) is 4.79 Å². The summed E-state index contributed by atoms with van der Waals surface area (Å²) in [5.74, 6) is -0.0671.